The molecule has 0 spiro atoms. The van der Waals surface area contributed by atoms with Crippen LogP contribution in [0.4, 0.5) is 0 Å². The van der Waals surface area contributed by atoms with Crippen molar-refractivity contribution in [2.45, 2.75) is 52.7 Å². The van der Waals surface area contributed by atoms with Gasteiger partial charge in [-0.25, -0.2) is 0 Å². The van der Waals surface area contributed by atoms with Crippen LogP contribution in [-0.2, 0) is 4.79 Å². The number of amides is 1. The van der Waals surface area contributed by atoms with Gasteiger partial charge in [0.2, 0.25) is 5.91 Å². The molecular weight excluding hydrogens is 250 g/mol. The second-order valence-corrected chi connectivity index (χ2v) is 7.31. The van der Waals surface area contributed by atoms with E-state index in [4.69, 9.17) is 0 Å². The summed E-state index contributed by atoms with van der Waals surface area (Å²) in [7, 11) is 2.19. The minimum absolute atomic E-state index is 0.00802. The predicted octanol–water partition coefficient (Wildman–Crippen LogP) is 1.77. The van der Waals surface area contributed by atoms with Crippen molar-refractivity contribution in [3.63, 3.8) is 0 Å². The van der Waals surface area contributed by atoms with Crippen LogP contribution in [0.5, 0.6) is 0 Å². The van der Waals surface area contributed by atoms with Crippen LogP contribution in [0.25, 0.3) is 0 Å². The topological polar surface area (TPSA) is 35.6 Å². The fraction of sp³-hybridized carbons (Fsp3) is 0.938. The molecule has 0 aromatic heterocycles. The first-order chi connectivity index (χ1) is 9.40. The zero-order valence-corrected chi connectivity index (χ0v) is 13.7. The van der Waals surface area contributed by atoms with Gasteiger partial charge in [-0.05, 0) is 50.7 Å². The van der Waals surface area contributed by atoms with E-state index in [-0.39, 0.29) is 12.2 Å². The molecule has 2 fully saturated rings. The van der Waals surface area contributed by atoms with E-state index in [0.717, 1.165) is 6.54 Å². The van der Waals surface area contributed by atoms with E-state index in [2.05, 4.69) is 49.9 Å². The average molecular weight is 281 g/mol. The molecule has 2 unspecified atom stereocenters. The Balaban J connectivity index is 2.01. The van der Waals surface area contributed by atoms with Gasteiger partial charge < -0.3 is 9.80 Å². The number of likely N-dealkylation sites (tertiary alicyclic amines) is 1. The summed E-state index contributed by atoms with van der Waals surface area (Å²) in [6.45, 7) is 11.9. The molecule has 4 heteroatoms. The molecule has 0 aromatic carbocycles. The third-order valence-electron chi connectivity index (χ3n) is 4.83. The standard InChI is InChI=1S/C16H31N3O/c1-11(2)14-16(20)19(15(17-14)12(3)4)10-13-6-8-18(5)9-7-13/h11-15,17H,6-10H2,1-5H3. The number of carbonyl (C=O) groups is 1. The monoisotopic (exact) mass is 281 g/mol. The molecule has 1 amide bonds. The fourth-order valence-corrected chi connectivity index (χ4v) is 3.42. The normalized spacial score (nSPS) is 29.9. The van der Waals surface area contributed by atoms with E-state index in [1.165, 1.54) is 25.9 Å². The number of hydrogen-bond donors (Lipinski definition) is 1. The van der Waals surface area contributed by atoms with Gasteiger partial charge in [-0.3, -0.25) is 10.1 Å². The van der Waals surface area contributed by atoms with Crippen LogP contribution in [-0.4, -0.2) is 54.6 Å². The minimum Gasteiger partial charge on any atom is -0.325 e. The molecule has 0 aliphatic carbocycles. The van der Waals surface area contributed by atoms with Crippen molar-refractivity contribution in [1.29, 1.82) is 0 Å². The van der Waals surface area contributed by atoms with E-state index < -0.39 is 0 Å². The van der Waals surface area contributed by atoms with Crippen molar-refractivity contribution >= 4 is 5.91 Å². The zero-order chi connectivity index (χ0) is 14.9. The van der Waals surface area contributed by atoms with Crippen LogP contribution in [0.2, 0.25) is 0 Å². The van der Waals surface area contributed by atoms with E-state index in [0.29, 0.717) is 23.7 Å². The molecule has 0 aromatic rings. The smallest absolute Gasteiger partial charge is 0.241 e. The van der Waals surface area contributed by atoms with Gasteiger partial charge in [0.15, 0.2) is 0 Å². The second kappa shape index (κ2) is 6.44. The summed E-state index contributed by atoms with van der Waals surface area (Å²) in [5.74, 6) is 1.82. The van der Waals surface area contributed by atoms with Crippen molar-refractivity contribution in [3.8, 4) is 0 Å². The highest BCUT2D eigenvalue weighted by molar-refractivity contribution is 5.84. The van der Waals surface area contributed by atoms with E-state index in [1.807, 2.05) is 0 Å². The third kappa shape index (κ3) is 3.34. The van der Waals surface area contributed by atoms with Gasteiger partial charge in [-0.2, -0.15) is 0 Å². The molecule has 2 atom stereocenters. The molecule has 0 radical (unpaired) electrons. The third-order valence-corrected chi connectivity index (χ3v) is 4.83. The van der Waals surface area contributed by atoms with Crippen LogP contribution in [0.1, 0.15) is 40.5 Å². The number of nitrogens with zero attached hydrogens (tertiary/aromatic N) is 2. The molecular formula is C16H31N3O. The summed E-state index contributed by atoms with van der Waals surface area (Å²) in [5.41, 5.74) is 0. The molecule has 4 nitrogen and oxygen atoms in total. The molecule has 2 aliphatic rings. The Hall–Kier alpha value is -0.610. The molecule has 0 saturated carbocycles. The maximum atomic E-state index is 12.7. The highest BCUT2D eigenvalue weighted by Gasteiger charge is 2.42. The first-order valence-corrected chi connectivity index (χ1v) is 8.15. The van der Waals surface area contributed by atoms with Gasteiger partial charge in [0.05, 0.1) is 12.2 Å². The van der Waals surface area contributed by atoms with Crippen LogP contribution < -0.4 is 5.32 Å². The lowest BCUT2D eigenvalue weighted by Crippen LogP contribution is -2.45. The largest absolute Gasteiger partial charge is 0.325 e. The van der Waals surface area contributed by atoms with Gasteiger partial charge >= 0.3 is 0 Å². The lowest BCUT2D eigenvalue weighted by atomic mass is 9.95. The lowest BCUT2D eigenvalue weighted by Gasteiger charge is -2.34. The Kier molecular flexibility index (Phi) is 5.08. The zero-order valence-electron chi connectivity index (χ0n) is 13.7. The number of hydrogen-bond acceptors (Lipinski definition) is 3. The van der Waals surface area contributed by atoms with Crippen molar-refractivity contribution in [2.24, 2.45) is 17.8 Å². The maximum Gasteiger partial charge on any atom is 0.241 e. The quantitative estimate of drug-likeness (QED) is 0.853. The summed E-state index contributed by atoms with van der Waals surface area (Å²) in [5, 5.41) is 3.55. The summed E-state index contributed by atoms with van der Waals surface area (Å²) in [4.78, 5) is 17.2. The van der Waals surface area contributed by atoms with Crippen LogP contribution in [0.15, 0.2) is 0 Å². The predicted molar refractivity (Wildman–Crippen MR) is 82.3 cm³/mol. The van der Waals surface area contributed by atoms with Crippen molar-refractivity contribution in [1.82, 2.24) is 15.1 Å². The minimum atomic E-state index is 0.00802. The number of piperidine rings is 1. The molecule has 116 valence electrons. The Morgan fingerprint density at radius 2 is 1.75 bits per heavy atom. The van der Waals surface area contributed by atoms with Crippen molar-refractivity contribution in [2.75, 3.05) is 26.7 Å². The van der Waals surface area contributed by atoms with Gasteiger partial charge in [0, 0.05) is 6.54 Å². The van der Waals surface area contributed by atoms with E-state index in [1.54, 1.807) is 0 Å². The molecule has 2 aliphatic heterocycles. The van der Waals surface area contributed by atoms with Gasteiger partial charge in [0.1, 0.15) is 0 Å². The molecule has 2 saturated heterocycles. The summed E-state index contributed by atoms with van der Waals surface area (Å²) in [6, 6.07) is 0.00802. The number of nitrogens with one attached hydrogen (secondary N) is 1. The molecule has 1 N–H and O–H groups in total. The number of rotatable bonds is 4. The molecule has 0 bridgehead atoms. The van der Waals surface area contributed by atoms with Gasteiger partial charge in [-0.15, -0.1) is 0 Å². The second-order valence-electron chi connectivity index (χ2n) is 7.31. The fourth-order valence-electron chi connectivity index (χ4n) is 3.42. The molecule has 20 heavy (non-hydrogen) atoms. The summed E-state index contributed by atoms with van der Waals surface area (Å²) >= 11 is 0. The van der Waals surface area contributed by atoms with Crippen molar-refractivity contribution < 1.29 is 4.79 Å². The van der Waals surface area contributed by atoms with Crippen molar-refractivity contribution in [3.05, 3.63) is 0 Å². The first-order valence-electron chi connectivity index (χ1n) is 8.15. The highest BCUT2D eigenvalue weighted by atomic mass is 16.2. The SMILES string of the molecule is CC(C)C1NC(C(C)C)N(CC2CCN(C)CC2)C1=O. The van der Waals surface area contributed by atoms with Gasteiger partial charge in [-0.1, -0.05) is 27.7 Å². The maximum absolute atomic E-state index is 12.7. The van der Waals surface area contributed by atoms with Gasteiger partial charge in [0.25, 0.3) is 0 Å². The van der Waals surface area contributed by atoms with Crippen LogP contribution >= 0.6 is 0 Å². The van der Waals surface area contributed by atoms with Crippen LogP contribution in [0, 0.1) is 17.8 Å². The van der Waals surface area contributed by atoms with Crippen LogP contribution in [0.3, 0.4) is 0 Å². The van der Waals surface area contributed by atoms with E-state index in [9.17, 15) is 4.79 Å². The number of carbonyl (C=O) groups excluding carboxylic acids is 1. The summed E-state index contributed by atoms with van der Waals surface area (Å²) < 4.78 is 0. The molecule has 2 heterocycles. The molecule has 2 rings (SSSR count). The van der Waals surface area contributed by atoms with E-state index >= 15 is 0 Å². The Bertz CT molecular complexity index is 335. The Morgan fingerprint density at radius 3 is 2.25 bits per heavy atom. The Morgan fingerprint density at radius 1 is 1.15 bits per heavy atom. The summed E-state index contributed by atoms with van der Waals surface area (Å²) in [6.07, 6.45) is 2.66. The Labute approximate surface area is 123 Å². The lowest BCUT2D eigenvalue weighted by molar-refractivity contribution is -0.132. The average Bonchev–Trinajstić information content (AvgIpc) is 2.70. The highest BCUT2D eigenvalue weighted by Crippen LogP contribution is 2.25. The first kappa shape index (κ1) is 15.8.